The number of aromatic nitrogens is 2. The van der Waals surface area contributed by atoms with Crippen LogP contribution in [0.15, 0.2) is 23.3 Å². The second-order valence-corrected chi connectivity index (χ2v) is 4.32. The molecule has 1 aromatic carbocycles. The van der Waals surface area contributed by atoms with Crippen LogP contribution in [-0.4, -0.2) is 21.6 Å². The molecule has 0 amide bonds. The van der Waals surface area contributed by atoms with Gasteiger partial charge in [-0.2, -0.15) is 10.4 Å². The first-order chi connectivity index (χ1) is 8.24. The fourth-order valence-corrected chi connectivity index (χ4v) is 1.87. The number of benzene rings is 1. The van der Waals surface area contributed by atoms with Gasteiger partial charge in [-0.05, 0) is 18.4 Å². The number of nitriles is 1. The predicted molar refractivity (Wildman–Crippen MR) is 70.5 cm³/mol. The number of hydrogen-bond acceptors (Lipinski definition) is 4. The van der Waals surface area contributed by atoms with Crippen LogP contribution in [0.3, 0.4) is 0 Å². The summed E-state index contributed by atoms with van der Waals surface area (Å²) >= 11 is 7.43. The standard InChI is InChI=1S/C10H8ClN5S/c1-17-10(13-5-12)15-9-3-8-6(2-7(9)11)4-14-16-8/h2-4H,1H3,(H,13,15)(H,14,16). The average molecular weight is 266 g/mol. The Kier molecular flexibility index (Phi) is 3.52. The van der Waals surface area contributed by atoms with Crippen molar-refractivity contribution in [2.45, 2.75) is 0 Å². The summed E-state index contributed by atoms with van der Waals surface area (Å²) < 4.78 is 0. The number of nitrogens with one attached hydrogen (secondary N) is 2. The third-order valence-electron chi connectivity index (χ3n) is 2.09. The molecule has 0 aliphatic heterocycles. The summed E-state index contributed by atoms with van der Waals surface area (Å²) in [5, 5.41) is 19.7. The van der Waals surface area contributed by atoms with Crippen molar-refractivity contribution in [3.05, 3.63) is 23.4 Å². The van der Waals surface area contributed by atoms with E-state index in [0.717, 1.165) is 10.9 Å². The molecule has 0 saturated carbocycles. The van der Waals surface area contributed by atoms with Crippen molar-refractivity contribution in [2.24, 2.45) is 4.99 Å². The lowest BCUT2D eigenvalue weighted by atomic mass is 10.2. The van der Waals surface area contributed by atoms with Gasteiger partial charge >= 0.3 is 0 Å². The van der Waals surface area contributed by atoms with Crippen LogP contribution in [0.4, 0.5) is 5.69 Å². The van der Waals surface area contributed by atoms with E-state index in [1.54, 1.807) is 18.3 Å². The van der Waals surface area contributed by atoms with Gasteiger partial charge in [0, 0.05) is 5.39 Å². The van der Waals surface area contributed by atoms with Crippen molar-refractivity contribution in [1.82, 2.24) is 15.5 Å². The Morgan fingerprint density at radius 3 is 3.18 bits per heavy atom. The van der Waals surface area contributed by atoms with Crippen molar-refractivity contribution < 1.29 is 0 Å². The number of aromatic amines is 1. The highest BCUT2D eigenvalue weighted by atomic mass is 35.5. The molecule has 0 aliphatic rings. The van der Waals surface area contributed by atoms with Crippen LogP contribution in [0.25, 0.3) is 10.9 Å². The van der Waals surface area contributed by atoms with E-state index < -0.39 is 0 Å². The normalized spacial score (nSPS) is 11.5. The molecule has 0 saturated heterocycles. The van der Waals surface area contributed by atoms with Gasteiger partial charge < -0.3 is 0 Å². The van der Waals surface area contributed by atoms with Gasteiger partial charge in [0.2, 0.25) is 0 Å². The van der Waals surface area contributed by atoms with Gasteiger partial charge in [-0.1, -0.05) is 23.4 Å². The number of hydrogen-bond donors (Lipinski definition) is 2. The van der Waals surface area contributed by atoms with Crippen LogP contribution < -0.4 is 5.32 Å². The molecule has 86 valence electrons. The van der Waals surface area contributed by atoms with Crippen LogP contribution in [0, 0.1) is 11.5 Å². The average Bonchev–Trinajstić information content (AvgIpc) is 2.75. The van der Waals surface area contributed by atoms with E-state index in [1.807, 2.05) is 12.4 Å². The number of H-pyrrole nitrogens is 1. The lowest BCUT2D eigenvalue weighted by Crippen LogP contribution is -2.12. The lowest BCUT2D eigenvalue weighted by molar-refractivity contribution is 1.12. The molecule has 0 radical (unpaired) electrons. The third-order valence-corrected chi connectivity index (χ3v) is 2.97. The SMILES string of the molecule is CSC(=Nc1cc2[nH]ncc2cc1Cl)NC#N. The van der Waals surface area contributed by atoms with Crippen molar-refractivity contribution in [3.8, 4) is 6.19 Å². The molecule has 0 aliphatic carbocycles. The Bertz CT molecular complexity index is 613. The first kappa shape index (κ1) is 11.8. The maximum Gasteiger partial charge on any atom is 0.183 e. The topological polar surface area (TPSA) is 76.9 Å². The summed E-state index contributed by atoms with van der Waals surface area (Å²) in [6.45, 7) is 0. The third kappa shape index (κ3) is 2.52. The van der Waals surface area contributed by atoms with Gasteiger partial charge in [-0.25, -0.2) is 4.99 Å². The maximum atomic E-state index is 8.55. The van der Waals surface area contributed by atoms with Crippen LogP contribution in [0.2, 0.25) is 5.02 Å². The summed E-state index contributed by atoms with van der Waals surface area (Å²) in [4.78, 5) is 4.26. The second-order valence-electron chi connectivity index (χ2n) is 3.12. The lowest BCUT2D eigenvalue weighted by Gasteiger charge is -2.02. The zero-order valence-corrected chi connectivity index (χ0v) is 10.4. The van der Waals surface area contributed by atoms with Gasteiger partial charge in [-0.3, -0.25) is 10.4 Å². The monoisotopic (exact) mass is 265 g/mol. The molecule has 17 heavy (non-hydrogen) atoms. The van der Waals surface area contributed by atoms with E-state index in [9.17, 15) is 0 Å². The molecular weight excluding hydrogens is 258 g/mol. The minimum Gasteiger partial charge on any atom is -0.278 e. The molecule has 0 bridgehead atoms. The highest BCUT2D eigenvalue weighted by molar-refractivity contribution is 8.13. The fraction of sp³-hybridized carbons (Fsp3) is 0.100. The zero-order valence-electron chi connectivity index (χ0n) is 8.86. The van der Waals surface area contributed by atoms with Crippen molar-refractivity contribution in [1.29, 1.82) is 5.26 Å². The molecule has 0 unspecified atom stereocenters. The molecule has 2 N–H and O–H groups in total. The second kappa shape index (κ2) is 5.08. The largest absolute Gasteiger partial charge is 0.278 e. The van der Waals surface area contributed by atoms with Gasteiger partial charge in [0.25, 0.3) is 0 Å². The maximum absolute atomic E-state index is 8.55. The van der Waals surface area contributed by atoms with E-state index in [2.05, 4.69) is 20.5 Å². The van der Waals surface area contributed by atoms with Crippen molar-refractivity contribution in [2.75, 3.05) is 6.26 Å². The number of rotatable bonds is 1. The summed E-state index contributed by atoms with van der Waals surface area (Å²) in [6.07, 6.45) is 5.34. The quantitative estimate of drug-likeness (QED) is 0.360. The predicted octanol–water partition coefficient (Wildman–Crippen LogP) is 2.64. The Morgan fingerprint density at radius 2 is 2.47 bits per heavy atom. The number of amidine groups is 1. The Morgan fingerprint density at radius 1 is 1.65 bits per heavy atom. The molecule has 5 nitrogen and oxygen atoms in total. The molecule has 0 atom stereocenters. The first-order valence-electron chi connectivity index (χ1n) is 4.65. The van der Waals surface area contributed by atoms with Crippen LogP contribution in [0.5, 0.6) is 0 Å². The molecule has 1 aromatic heterocycles. The molecule has 1 heterocycles. The van der Waals surface area contributed by atoms with E-state index in [0.29, 0.717) is 15.9 Å². The smallest absolute Gasteiger partial charge is 0.183 e. The van der Waals surface area contributed by atoms with Crippen molar-refractivity contribution >= 4 is 45.1 Å². The number of fused-ring (bicyclic) bond motifs is 1. The highest BCUT2D eigenvalue weighted by Gasteiger charge is 2.05. The minimum absolute atomic E-state index is 0.494. The van der Waals surface area contributed by atoms with E-state index in [4.69, 9.17) is 16.9 Å². The van der Waals surface area contributed by atoms with Gasteiger partial charge in [0.15, 0.2) is 11.4 Å². The summed E-state index contributed by atoms with van der Waals surface area (Å²) in [5.74, 6) is 0. The molecular formula is C10H8ClN5S. The van der Waals surface area contributed by atoms with Crippen LogP contribution >= 0.6 is 23.4 Å². The van der Waals surface area contributed by atoms with Crippen molar-refractivity contribution in [3.63, 3.8) is 0 Å². The summed E-state index contributed by atoms with van der Waals surface area (Å²) in [6, 6.07) is 3.57. The summed E-state index contributed by atoms with van der Waals surface area (Å²) in [7, 11) is 0. The van der Waals surface area contributed by atoms with Gasteiger partial charge in [-0.15, -0.1) is 0 Å². The van der Waals surface area contributed by atoms with Crippen LogP contribution in [0.1, 0.15) is 0 Å². The highest BCUT2D eigenvalue weighted by Crippen LogP contribution is 2.29. The molecule has 2 rings (SSSR count). The van der Waals surface area contributed by atoms with E-state index >= 15 is 0 Å². The van der Waals surface area contributed by atoms with Gasteiger partial charge in [0.05, 0.1) is 22.4 Å². The number of halogens is 1. The number of nitrogens with zero attached hydrogens (tertiary/aromatic N) is 3. The molecule has 2 aromatic rings. The fourth-order valence-electron chi connectivity index (χ4n) is 1.32. The summed E-state index contributed by atoms with van der Waals surface area (Å²) in [5.41, 5.74) is 1.45. The zero-order chi connectivity index (χ0) is 12.3. The minimum atomic E-state index is 0.494. The molecule has 0 spiro atoms. The Labute approximate surface area is 107 Å². The molecule has 0 fully saturated rings. The van der Waals surface area contributed by atoms with E-state index in [-0.39, 0.29) is 0 Å². The van der Waals surface area contributed by atoms with Gasteiger partial charge in [0.1, 0.15) is 0 Å². The Hall–Kier alpha value is -1.71. The van der Waals surface area contributed by atoms with Crippen LogP contribution in [-0.2, 0) is 0 Å². The Balaban J connectivity index is 2.47. The molecule has 7 heteroatoms. The van der Waals surface area contributed by atoms with E-state index in [1.165, 1.54) is 11.8 Å². The first-order valence-corrected chi connectivity index (χ1v) is 6.25. The number of thioether (sulfide) groups is 1. The number of aliphatic imine (C=N–C) groups is 1.